The molecule has 0 aliphatic heterocycles. The van der Waals surface area contributed by atoms with E-state index in [9.17, 15) is 10.2 Å². The standard InChI is InChI=1S/C16H12O4/c17-12-8-9-16(14(18)10-12)20-19-15-7-3-5-11-4-1-2-6-13(11)15/h1-10,17-18H. The molecule has 0 heterocycles. The van der Waals surface area contributed by atoms with Crippen LogP contribution in [0.4, 0.5) is 0 Å². The Morgan fingerprint density at radius 3 is 2.30 bits per heavy atom. The van der Waals surface area contributed by atoms with Crippen molar-refractivity contribution in [2.24, 2.45) is 0 Å². The highest BCUT2D eigenvalue weighted by molar-refractivity contribution is 5.88. The van der Waals surface area contributed by atoms with Crippen molar-refractivity contribution >= 4 is 10.8 Å². The van der Waals surface area contributed by atoms with Gasteiger partial charge in [-0.05, 0) is 23.6 Å². The molecule has 0 aromatic heterocycles. The summed E-state index contributed by atoms with van der Waals surface area (Å²) in [6.07, 6.45) is 0. The van der Waals surface area contributed by atoms with E-state index in [4.69, 9.17) is 9.78 Å². The van der Waals surface area contributed by atoms with Gasteiger partial charge in [0.15, 0.2) is 11.5 Å². The zero-order valence-electron chi connectivity index (χ0n) is 10.5. The average Bonchev–Trinajstić information content (AvgIpc) is 2.46. The van der Waals surface area contributed by atoms with E-state index in [2.05, 4.69) is 0 Å². The van der Waals surface area contributed by atoms with Crippen molar-refractivity contribution in [1.82, 2.24) is 0 Å². The van der Waals surface area contributed by atoms with E-state index in [0.29, 0.717) is 5.75 Å². The molecule has 0 amide bonds. The fourth-order valence-electron chi connectivity index (χ4n) is 1.93. The van der Waals surface area contributed by atoms with Crippen LogP contribution in [0.3, 0.4) is 0 Å². The number of phenolic OH excluding ortho intramolecular Hbond substituents is 2. The van der Waals surface area contributed by atoms with Gasteiger partial charge in [-0.25, -0.2) is 0 Å². The highest BCUT2D eigenvalue weighted by Crippen LogP contribution is 2.31. The van der Waals surface area contributed by atoms with Crippen LogP contribution in [0.2, 0.25) is 0 Å². The van der Waals surface area contributed by atoms with E-state index in [-0.39, 0.29) is 17.2 Å². The Morgan fingerprint density at radius 1 is 0.700 bits per heavy atom. The van der Waals surface area contributed by atoms with Gasteiger partial charge in [-0.1, -0.05) is 36.4 Å². The maximum atomic E-state index is 9.62. The number of benzene rings is 3. The number of rotatable bonds is 3. The summed E-state index contributed by atoms with van der Waals surface area (Å²) in [5.74, 6) is 0.455. The SMILES string of the molecule is Oc1ccc(OOc2cccc3ccccc23)c(O)c1. The molecule has 0 aliphatic carbocycles. The fourth-order valence-corrected chi connectivity index (χ4v) is 1.93. The van der Waals surface area contributed by atoms with E-state index in [0.717, 1.165) is 10.8 Å². The summed E-state index contributed by atoms with van der Waals surface area (Å²) in [6.45, 7) is 0. The predicted octanol–water partition coefficient (Wildman–Crippen LogP) is 3.62. The third-order valence-corrected chi connectivity index (χ3v) is 2.91. The smallest absolute Gasteiger partial charge is 0.220 e. The largest absolute Gasteiger partial charge is 0.508 e. The molecule has 4 nitrogen and oxygen atoms in total. The number of phenols is 2. The molecule has 0 aliphatic rings. The van der Waals surface area contributed by atoms with E-state index >= 15 is 0 Å². The third-order valence-electron chi connectivity index (χ3n) is 2.91. The summed E-state index contributed by atoms with van der Waals surface area (Å²) in [4.78, 5) is 10.4. The maximum absolute atomic E-state index is 9.62. The molecule has 0 bridgehead atoms. The normalized spacial score (nSPS) is 10.4. The second-order valence-corrected chi connectivity index (χ2v) is 4.30. The number of fused-ring (bicyclic) bond motifs is 1. The second-order valence-electron chi connectivity index (χ2n) is 4.30. The third kappa shape index (κ3) is 2.31. The summed E-state index contributed by atoms with van der Waals surface area (Å²) in [6, 6.07) is 17.4. The maximum Gasteiger partial charge on any atom is 0.220 e. The van der Waals surface area contributed by atoms with Gasteiger partial charge in [0.2, 0.25) is 5.75 Å². The van der Waals surface area contributed by atoms with E-state index in [1.165, 1.54) is 18.2 Å². The Hall–Kier alpha value is -2.88. The van der Waals surface area contributed by atoms with Crippen molar-refractivity contribution in [3.05, 3.63) is 60.7 Å². The lowest BCUT2D eigenvalue weighted by atomic mass is 10.1. The Bertz CT molecular complexity index is 747. The fraction of sp³-hybridized carbons (Fsp3) is 0. The lowest BCUT2D eigenvalue weighted by molar-refractivity contribution is -0.100. The van der Waals surface area contributed by atoms with Gasteiger partial charge in [-0.15, -0.1) is 0 Å². The molecule has 2 N–H and O–H groups in total. The first-order valence-corrected chi connectivity index (χ1v) is 6.08. The number of hydrogen-bond donors (Lipinski definition) is 2. The highest BCUT2D eigenvalue weighted by atomic mass is 17.2. The molecule has 20 heavy (non-hydrogen) atoms. The Labute approximate surface area is 115 Å². The topological polar surface area (TPSA) is 58.9 Å². The summed E-state index contributed by atoms with van der Waals surface area (Å²) >= 11 is 0. The monoisotopic (exact) mass is 268 g/mol. The molecule has 100 valence electrons. The summed E-state index contributed by atoms with van der Waals surface area (Å²) in [7, 11) is 0. The van der Waals surface area contributed by atoms with Crippen LogP contribution in [-0.2, 0) is 0 Å². The van der Waals surface area contributed by atoms with Crippen LogP contribution in [0.5, 0.6) is 23.0 Å². The van der Waals surface area contributed by atoms with Gasteiger partial charge in [0.25, 0.3) is 0 Å². The molecular formula is C16H12O4. The molecule has 0 saturated carbocycles. The van der Waals surface area contributed by atoms with Crippen molar-refractivity contribution in [3.8, 4) is 23.0 Å². The van der Waals surface area contributed by atoms with Crippen LogP contribution in [-0.4, -0.2) is 10.2 Å². The zero-order chi connectivity index (χ0) is 13.9. The van der Waals surface area contributed by atoms with Gasteiger partial charge < -0.3 is 10.2 Å². The van der Waals surface area contributed by atoms with Crippen LogP contribution in [0.1, 0.15) is 0 Å². The first-order valence-electron chi connectivity index (χ1n) is 6.08. The minimum atomic E-state index is -0.190. The van der Waals surface area contributed by atoms with E-state index in [1.54, 1.807) is 6.07 Å². The lowest BCUT2D eigenvalue weighted by Crippen LogP contribution is -2.00. The van der Waals surface area contributed by atoms with Crippen LogP contribution >= 0.6 is 0 Å². The second kappa shape index (κ2) is 5.01. The minimum Gasteiger partial charge on any atom is -0.508 e. The predicted molar refractivity (Wildman–Crippen MR) is 75.0 cm³/mol. The molecule has 0 atom stereocenters. The summed E-state index contributed by atoms with van der Waals surface area (Å²) < 4.78 is 0. The van der Waals surface area contributed by atoms with Crippen molar-refractivity contribution in [1.29, 1.82) is 0 Å². The Kier molecular flexibility index (Phi) is 3.05. The van der Waals surface area contributed by atoms with Crippen molar-refractivity contribution < 1.29 is 20.0 Å². The van der Waals surface area contributed by atoms with E-state index < -0.39 is 0 Å². The number of hydrogen-bond acceptors (Lipinski definition) is 4. The zero-order valence-corrected chi connectivity index (χ0v) is 10.5. The molecule has 0 radical (unpaired) electrons. The van der Waals surface area contributed by atoms with Crippen molar-refractivity contribution in [2.75, 3.05) is 0 Å². The van der Waals surface area contributed by atoms with Gasteiger partial charge in [-0.2, -0.15) is 0 Å². The first kappa shape index (κ1) is 12.2. The molecule has 3 aromatic carbocycles. The molecular weight excluding hydrogens is 256 g/mol. The van der Waals surface area contributed by atoms with Gasteiger partial charge >= 0.3 is 0 Å². The molecule has 0 unspecified atom stereocenters. The average molecular weight is 268 g/mol. The number of aromatic hydroxyl groups is 2. The highest BCUT2D eigenvalue weighted by Gasteiger charge is 2.07. The van der Waals surface area contributed by atoms with Crippen LogP contribution in [0, 0.1) is 0 Å². The first-order chi connectivity index (χ1) is 9.74. The van der Waals surface area contributed by atoms with Gasteiger partial charge in [0, 0.05) is 11.5 Å². The molecule has 0 spiro atoms. The van der Waals surface area contributed by atoms with Crippen molar-refractivity contribution in [2.45, 2.75) is 0 Å². The Balaban J connectivity index is 1.87. The van der Waals surface area contributed by atoms with Gasteiger partial charge in [0.05, 0.1) is 0 Å². The molecule has 0 fully saturated rings. The Morgan fingerprint density at radius 2 is 1.45 bits per heavy atom. The summed E-state index contributed by atoms with van der Waals surface area (Å²) in [5, 5.41) is 20.8. The van der Waals surface area contributed by atoms with E-state index in [1.807, 2.05) is 36.4 Å². The minimum absolute atomic E-state index is 0.0417. The molecule has 3 rings (SSSR count). The molecule has 3 aromatic rings. The van der Waals surface area contributed by atoms with Gasteiger partial charge in [0.1, 0.15) is 5.75 Å². The quantitative estimate of drug-likeness (QED) is 0.562. The lowest BCUT2D eigenvalue weighted by Gasteiger charge is -2.09. The van der Waals surface area contributed by atoms with Crippen LogP contribution in [0.15, 0.2) is 60.7 Å². The van der Waals surface area contributed by atoms with Crippen molar-refractivity contribution in [3.63, 3.8) is 0 Å². The van der Waals surface area contributed by atoms with Crippen LogP contribution in [0.25, 0.3) is 10.8 Å². The van der Waals surface area contributed by atoms with Gasteiger partial charge in [-0.3, -0.25) is 9.78 Å². The summed E-state index contributed by atoms with van der Waals surface area (Å²) in [5.41, 5.74) is 0. The molecule has 0 saturated heterocycles. The van der Waals surface area contributed by atoms with Crippen LogP contribution < -0.4 is 9.78 Å². The molecule has 4 heteroatoms.